The van der Waals surface area contributed by atoms with Gasteiger partial charge in [-0.1, -0.05) is 68.2 Å². The minimum absolute atomic E-state index is 0. The molecule has 0 amide bonds. The van der Waals surface area contributed by atoms with Crippen LogP contribution in [0.4, 0.5) is 0 Å². The quantitative estimate of drug-likeness (QED) is 0.416. The van der Waals surface area contributed by atoms with E-state index in [0.29, 0.717) is 0 Å². The molecule has 0 aromatic heterocycles. The molecule has 0 aromatic rings. The maximum Gasteiger partial charge on any atom is -0.0266 e. The molecule has 0 heterocycles. The van der Waals surface area contributed by atoms with Crippen LogP contribution in [-0.2, 0) is 0 Å². The normalized spacial score (nSPS) is 45.8. The molecule has 144 valence electrons. The van der Waals surface area contributed by atoms with Crippen molar-refractivity contribution >= 4 is 0 Å². The molecule has 0 nitrogen and oxygen atoms in total. The van der Waals surface area contributed by atoms with Crippen molar-refractivity contribution in [2.75, 3.05) is 0 Å². The third-order valence-corrected chi connectivity index (χ3v) is 8.36. The van der Waals surface area contributed by atoms with Gasteiger partial charge in [0.25, 0.3) is 0 Å². The van der Waals surface area contributed by atoms with E-state index in [0.717, 1.165) is 34.5 Å². The molecule has 0 aliphatic heterocycles. The molecule has 4 saturated carbocycles. The van der Waals surface area contributed by atoms with Crippen LogP contribution in [0.5, 0.6) is 0 Å². The van der Waals surface area contributed by atoms with Gasteiger partial charge in [-0.25, -0.2) is 0 Å². The van der Waals surface area contributed by atoms with Crippen LogP contribution in [-0.4, -0.2) is 0 Å². The first-order chi connectivity index (χ1) is 11.1. The monoisotopic (exact) mass is 336 g/mol. The van der Waals surface area contributed by atoms with Crippen molar-refractivity contribution in [2.24, 2.45) is 34.5 Å². The minimum Gasteiger partial charge on any atom is -0.0776 e. The number of hydrogen-bond acceptors (Lipinski definition) is 0. The molecular weight excluding hydrogens is 288 g/mol. The first-order valence-electron chi connectivity index (χ1n) is 11.1. The van der Waals surface area contributed by atoms with E-state index >= 15 is 0 Å². The lowest BCUT2D eigenvalue weighted by atomic mass is 9.45. The van der Waals surface area contributed by atoms with E-state index in [9.17, 15) is 0 Å². The van der Waals surface area contributed by atoms with E-state index in [4.69, 9.17) is 0 Å². The van der Waals surface area contributed by atoms with Crippen LogP contribution >= 0.6 is 0 Å². The van der Waals surface area contributed by atoms with Crippen molar-refractivity contribution in [1.29, 1.82) is 0 Å². The van der Waals surface area contributed by atoms with Gasteiger partial charge in [-0.15, -0.1) is 0 Å². The molecule has 4 aliphatic carbocycles. The predicted molar refractivity (Wildman–Crippen MR) is 110 cm³/mol. The van der Waals surface area contributed by atoms with E-state index < -0.39 is 0 Å². The Balaban J connectivity index is 0.000000539. The molecule has 6 atom stereocenters. The molecular formula is C24H48. The van der Waals surface area contributed by atoms with Crippen LogP contribution in [0.25, 0.3) is 0 Å². The van der Waals surface area contributed by atoms with Crippen molar-refractivity contribution < 1.29 is 0 Å². The maximum atomic E-state index is 2.70. The summed E-state index contributed by atoms with van der Waals surface area (Å²) in [6, 6.07) is 0. The van der Waals surface area contributed by atoms with Crippen molar-refractivity contribution in [2.45, 2.75) is 120 Å². The fourth-order valence-corrected chi connectivity index (χ4v) is 7.29. The summed E-state index contributed by atoms with van der Waals surface area (Å²) in [6.45, 7) is 13.3. The standard InChI is InChI=1S/C19H32.2C2H6.CH4/c1-18-11-5-7-16(18)15-9-8-14-6-3-4-12-19(14,2)17(15)10-13-18;2*1-2;/h14-17H,3-13H2,1-2H3;2*1-2H3;1H4. The number of rotatable bonds is 0. The first kappa shape index (κ1) is 22.0. The fourth-order valence-electron chi connectivity index (χ4n) is 7.29. The highest BCUT2D eigenvalue weighted by atomic mass is 14.6. The van der Waals surface area contributed by atoms with E-state index in [-0.39, 0.29) is 7.43 Å². The van der Waals surface area contributed by atoms with Crippen LogP contribution < -0.4 is 0 Å². The second-order valence-electron chi connectivity index (χ2n) is 8.99. The second-order valence-corrected chi connectivity index (χ2v) is 8.99. The molecule has 0 spiro atoms. The Kier molecular flexibility index (Phi) is 8.35. The van der Waals surface area contributed by atoms with E-state index in [2.05, 4.69) is 13.8 Å². The van der Waals surface area contributed by atoms with Gasteiger partial charge in [0.15, 0.2) is 0 Å². The van der Waals surface area contributed by atoms with Crippen molar-refractivity contribution in [3.63, 3.8) is 0 Å². The summed E-state index contributed by atoms with van der Waals surface area (Å²) in [5, 5.41) is 0. The molecule has 4 rings (SSSR count). The Morgan fingerprint density at radius 3 is 2.04 bits per heavy atom. The van der Waals surface area contributed by atoms with Gasteiger partial charge in [0.05, 0.1) is 0 Å². The lowest BCUT2D eigenvalue weighted by Crippen LogP contribution is -2.51. The van der Waals surface area contributed by atoms with Crippen molar-refractivity contribution in [1.82, 2.24) is 0 Å². The summed E-state index contributed by atoms with van der Waals surface area (Å²) in [4.78, 5) is 0. The van der Waals surface area contributed by atoms with Gasteiger partial charge in [0, 0.05) is 0 Å². The third-order valence-electron chi connectivity index (χ3n) is 8.36. The summed E-state index contributed by atoms with van der Waals surface area (Å²) in [6.07, 6.45) is 17.1. The molecule has 6 unspecified atom stereocenters. The topological polar surface area (TPSA) is 0 Å². The summed E-state index contributed by atoms with van der Waals surface area (Å²) < 4.78 is 0. The minimum atomic E-state index is 0. The van der Waals surface area contributed by atoms with Gasteiger partial charge in [0.1, 0.15) is 0 Å². The Morgan fingerprint density at radius 2 is 1.33 bits per heavy atom. The van der Waals surface area contributed by atoms with E-state index in [1.807, 2.05) is 27.7 Å². The summed E-state index contributed by atoms with van der Waals surface area (Å²) in [5.41, 5.74) is 1.49. The number of fused-ring (bicyclic) bond motifs is 5. The van der Waals surface area contributed by atoms with Crippen LogP contribution in [0.15, 0.2) is 0 Å². The van der Waals surface area contributed by atoms with Crippen molar-refractivity contribution in [3.05, 3.63) is 0 Å². The lowest BCUT2D eigenvalue weighted by molar-refractivity contribution is -0.103. The van der Waals surface area contributed by atoms with E-state index in [1.54, 1.807) is 51.4 Å². The molecule has 0 saturated heterocycles. The second kappa shape index (κ2) is 9.09. The average Bonchev–Trinajstić information content (AvgIpc) is 3.00. The SMILES string of the molecule is C.CC.CC.CC12CCCC1C1CCC3CCCCC3(C)C1CC2. The predicted octanol–water partition coefficient (Wildman–Crippen LogP) is 8.50. The lowest BCUT2D eigenvalue weighted by Gasteiger charge is -2.60. The molecule has 0 radical (unpaired) electrons. The largest absolute Gasteiger partial charge is 0.0776 e. The average molecular weight is 337 g/mol. The van der Waals surface area contributed by atoms with Gasteiger partial charge in [0.2, 0.25) is 0 Å². The Bertz CT molecular complexity index is 359. The zero-order chi connectivity index (χ0) is 17.1. The van der Waals surface area contributed by atoms with Crippen LogP contribution in [0, 0.1) is 34.5 Å². The molecule has 4 aliphatic rings. The van der Waals surface area contributed by atoms with Gasteiger partial charge in [-0.2, -0.15) is 0 Å². The molecule has 24 heavy (non-hydrogen) atoms. The Morgan fingerprint density at radius 1 is 0.625 bits per heavy atom. The summed E-state index contributed by atoms with van der Waals surface area (Å²) >= 11 is 0. The van der Waals surface area contributed by atoms with Crippen LogP contribution in [0.2, 0.25) is 0 Å². The fraction of sp³-hybridized carbons (Fsp3) is 1.00. The van der Waals surface area contributed by atoms with Crippen LogP contribution in [0.3, 0.4) is 0 Å². The highest BCUT2D eigenvalue weighted by Gasteiger charge is 2.56. The molecule has 0 aromatic carbocycles. The molecule has 0 bridgehead atoms. The third kappa shape index (κ3) is 3.59. The molecule has 4 fully saturated rings. The van der Waals surface area contributed by atoms with Gasteiger partial charge in [-0.3, -0.25) is 0 Å². The summed E-state index contributed by atoms with van der Waals surface area (Å²) in [5.74, 6) is 4.41. The van der Waals surface area contributed by atoms with Crippen LogP contribution in [0.1, 0.15) is 120 Å². The number of hydrogen-bond donors (Lipinski definition) is 0. The van der Waals surface area contributed by atoms with Gasteiger partial charge < -0.3 is 0 Å². The highest BCUT2D eigenvalue weighted by Crippen LogP contribution is 2.66. The Labute approximate surface area is 154 Å². The maximum absolute atomic E-state index is 2.70. The van der Waals surface area contributed by atoms with Gasteiger partial charge >= 0.3 is 0 Å². The first-order valence-corrected chi connectivity index (χ1v) is 11.1. The zero-order valence-electron chi connectivity index (χ0n) is 17.1. The Hall–Kier alpha value is 0. The zero-order valence-corrected chi connectivity index (χ0v) is 17.1. The van der Waals surface area contributed by atoms with Crippen molar-refractivity contribution in [3.8, 4) is 0 Å². The van der Waals surface area contributed by atoms with Gasteiger partial charge in [-0.05, 0) is 85.9 Å². The summed E-state index contributed by atoms with van der Waals surface area (Å²) in [7, 11) is 0. The van der Waals surface area contributed by atoms with E-state index in [1.165, 1.54) is 19.3 Å². The molecule has 0 heteroatoms. The highest BCUT2D eigenvalue weighted by molar-refractivity contribution is 5.06. The molecule has 0 N–H and O–H groups in total. The smallest absolute Gasteiger partial charge is 0.0266 e.